The molecule has 1 heteroatoms. The Morgan fingerprint density at radius 2 is 1.53 bits per heavy atom. The standard InChI is InChI=1S/C16H16O/c1-13-7-9-15(10-8-13)16(11-12-17)14-5-3-2-4-6-14/h2-11,17H,12H2,1H3. The van der Waals surface area contributed by atoms with Gasteiger partial charge in [-0.05, 0) is 23.6 Å². The van der Waals surface area contributed by atoms with Crippen LogP contribution in [0.5, 0.6) is 0 Å². The topological polar surface area (TPSA) is 20.2 Å². The van der Waals surface area contributed by atoms with Gasteiger partial charge in [-0.15, -0.1) is 0 Å². The minimum absolute atomic E-state index is 0.0537. The Balaban J connectivity index is 2.44. The van der Waals surface area contributed by atoms with Gasteiger partial charge in [-0.2, -0.15) is 0 Å². The average molecular weight is 224 g/mol. The molecule has 1 nitrogen and oxygen atoms in total. The van der Waals surface area contributed by atoms with Crippen molar-refractivity contribution in [3.05, 3.63) is 77.4 Å². The van der Waals surface area contributed by atoms with Crippen molar-refractivity contribution in [1.29, 1.82) is 0 Å². The molecule has 0 aliphatic rings. The first-order valence-electron chi connectivity index (χ1n) is 5.75. The van der Waals surface area contributed by atoms with Gasteiger partial charge in [-0.1, -0.05) is 66.2 Å². The van der Waals surface area contributed by atoms with E-state index in [-0.39, 0.29) is 6.61 Å². The molecular weight excluding hydrogens is 208 g/mol. The van der Waals surface area contributed by atoms with Gasteiger partial charge in [-0.25, -0.2) is 0 Å². The quantitative estimate of drug-likeness (QED) is 0.847. The molecule has 2 rings (SSSR count). The summed E-state index contributed by atoms with van der Waals surface area (Å²) in [6, 6.07) is 18.5. The lowest BCUT2D eigenvalue weighted by atomic mass is 9.97. The van der Waals surface area contributed by atoms with Gasteiger partial charge in [0.05, 0.1) is 6.61 Å². The van der Waals surface area contributed by atoms with E-state index in [1.165, 1.54) is 5.56 Å². The lowest BCUT2D eigenvalue weighted by Gasteiger charge is -2.08. The highest BCUT2D eigenvalue weighted by Crippen LogP contribution is 2.23. The first-order chi connectivity index (χ1) is 8.31. The average Bonchev–Trinajstić information content (AvgIpc) is 2.38. The van der Waals surface area contributed by atoms with Crippen molar-refractivity contribution in [2.45, 2.75) is 6.92 Å². The fourth-order valence-corrected chi connectivity index (χ4v) is 1.84. The summed E-state index contributed by atoms with van der Waals surface area (Å²) in [5.41, 5.74) is 4.58. The molecule has 2 aromatic rings. The molecule has 0 bridgehead atoms. The maximum absolute atomic E-state index is 9.14. The summed E-state index contributed by atoms with van der Waals surface area (Å²) >= 11 is 0. The molecule has 1 N–H and O–H groups in total. The number of aliphatic hydroxyl groups is 1. The Kier molecular flexibility index (Phi) is 3.73. The zero-order valence-corrected chi connectivity index (χ0v) is 9.93. The second-order valence-electron chi connectivity index (χ2n) is 4.03. The van der Waals surface area contributed by atoms with Crippen LogP contribution in [0, 0.1) is 6.92 Å². The van der Waals surface area contributed by atoms with Gasteiger partial charge in [0.2, 0.25) is 0 Å². The normalized spacial score (nSPS) is 11.5. The molecule has 0 heterocycles. The Morgan fingerprint density at radius 1 is 0.941 bits per heavy atom. The third kappa shape index (κ3) is 2.83. The van der Waals surface area contributed by atoms with E-state index in [4.69, 9.17) is 5.11 Å². The third-order valence-corrected chi connectivity index (χ3v) is 2.74. The van der Waals surface area contributed by atoms with Crippen LogP contribution in [0.3, 0.4) is 0 Å². The molecule has 0 fully saturated rings. The first kappa shape index (κ1) is 11.6. The number of hydrogen-bond donors (Lipinski definition) is 1. The van der Waals surface area contributed by atoms with E-state index in [0.29, 0.717) is 0 Å². The van der Waals surface area contributed by atoms with E-state index in [2.05, 4.69) is 43.3 Å². The molecule has 0 saturated heterocycles. The lowest BCUT2D eigenvalue weighted by Crippen LogP contribution is -1.90. The van der Waals surface area contributed by atoms with Crippen molar-refractivity contribution >= 4 is 5.57 Å². The molecule has 0 aliphatic carbocycles. The molecule has 0 amide bonds. The Morgan fingerprint density at radius 3 is 2.12 bits per heavy atom. The SMILES string of the molecule is Cc1ccc(C(=CCO)c2ccccc2)cc1. The molecule has 0 atom stereocenters. The molecule has 17 heavy (non-hydrogen) atoms. The monoisotopic (exact) mass is 224 g/mol. The van der Waals surface area contributed by atoms with Crippen LogP contribution in [0.4, 0.5) is 0 Å². The van der Waals surface area contributed by atoms with Gasteiger partial charge in [0.15, 0.2) is 0 Å². The fraction of sp³-hybridized carbons (Fsp3) is 0.125. The summed E-state index contributed by atoms with van der Waals surface area (Å²) < 4.78 is 0. The predicted molar refractivity (Wildman–Crippen MR) is 71.8 cm³/mol. The summed E-state index contributed by atoms with van der Waals surface area (Å²) in [6.07, 6.45) is 1.85. The zero-order valence-electron chi connectivity index (χ0n) is 9.93. The largest absolute Gasteiger partial charge is 0.392 e. The molecule has 2 aromatic carbocycles. The highest BCUT2D eigenvalue weighted by Gasteiger charge is 2.03. The van der Waals surface area contributed by atoms with E-state index < -0.39 is 0 Å². The summed E-state index contributed by atoms with van der Waals surface area (Å²) in [6.45, 7) is 2.12. The minimum Gasteiger partial charge on any atom is -0.392 e. The van der Waals surface area contributed by atoms with Gasteiger partial charge >= 0.3 is 0 Å². The van der Waals surface area contributed by atoms with Crippen LogP contribution in [0.2, 0.25) is 0 Å². The molecule has 86 valence electrons. The Bertz CT molecular complexity index is 495. The maximum atomic E-state index is 9.14. The number of aliphatic hydroxyl groups excluding tert-OH is 1. The number of rotatable bonds is 3. The fourth-order valence-electron chi connectivity index (χ4n) is 1.84. The van der Waals surface area contributed by atoms with Crippen molar-refractivity contribution in [3.63, 3.8) is 0 Å². The van der Waals surface area contributed by atoms with Crippen molar-refractivity contribution in [2.24, 2.45) is 0 Å². The highest BCUT2D eigenvalue weighted by atomic mass is 16.2. The van der Waals surface area contributed by atoms with Crippen LogP contribution in [0.15, 0.2) is 60.7 Å². The first-order valence-corrected chi connectivity index (χ1v) is 5.75. The predicted octanol–water partition coefficient (Wildman–Crippen LogP) is 3.42. The van der Waals surface area contributed by atoms with Crippen LogP contribution in [0.1, 0.15) is 16.7 Å². The van der Waals surface area contributed by atoms with Crippen molar-refractivity contribution in [3.8, 4) is 0 Å². The highest BCUT2D eigenvalue weighted by molar-refractivity contribution is 5.79. The van der Waals surface area contributed by atoms with Crippen LogP contribution >= 0.6 is 0 Å². The lowest BCUT2D eigenvalue weighted by molar-refractivity contribution is 0.343. The molecule has 0 aromatic heterocycles. The van der Waals surface area contributed by atoms with E-state index >= 15 is 0 Å². The maximum Gasteiger partial charge on any atom is 0.0621 e. The summed E-state index contributed by atoms with van der Waals surface area (Å²) in [5, 5.41) is 9.14. The van der Waals surface area contributed by atoms with Crippen molar-refractivity contribution in [2.75, 3.05) is 6.61 Å². The summed E-state index contributed by atoms with van der Waals surface area (Å²) in [4.78, 5) is 0. The van der Waals surface area contributed by atoms with Crippen molar-refractivity contribution < 1.29 is 5.11 Å². The van der Waals surface area contributed by atoms with E-state index in [1.54, 1.807) is 0 Å². The van der Waals surface area contributed by atoms with Crippen molar-refractivity contribution in [1.82, 2.24) is 0 Å². The Labute approximate surface area is 102 Å². The van der Waals surface area contributed by atoms with Gasteiger partial charge in [0.25, 0.3) is 0 Å². The van der Waals surface area contributed by atoms with Crippen LogP contribution in [-0.4, -0.2) is 11.7 Å². The van der Waals surface area contributed by atoms with Crippen LogP contribution in [0.25, 0.3) is 5.57 Å². The number of benzene rings is 2. The van der Waals surface area contributed by atoms with Crippen LogP contribution in [-0.2, 0) is 0 Å². The third-order valence-electron chi connectivity index (χ3n) is 2.74. The minimum atomic E-state index is 0.0537. The van der Waals surface area contributed by atoms with Gasteiger partial charge in [0.1, 0.15) is 0 Å². The van der Waals surface area contributed by atoms with E-state index in [0.717, 1.165) is 16.7 Å². The van der Waals surface area contributed by atoms with E-state index in [1.807, 2.05) is 24.3 Å². The second-order valence-corrected chi connectivity index (χ2v) is 4.03. The molecular formula is C16H16O. The number of hydrogen-bond acceptors (Lipinski definition) is 1. The van der Waals surface area contributed by atoms with E-state index in [9.17, 15) is 0 Å². The van der Waals surface area contributed by atoms with Crippen LogP contribution < -0.4 is 0 Å². The number of aryl methyl sites for hydroxylation is 1. The zero-order chi connectivity index (χ0) is 12.1. The Hall–Kier alpha value is -1.86. The molecule has 0 spiro atoms. The molecule has 0 saturated carbocycles. The van der Waals surface area contributed by atoms with Gasteiger partial charge < -0.3 is 5.11 Å². The molecule has 0 radical (unpaired) electrons. The molecule has 0 aliphatic heterocycles. The second kappa shape index (κ2) is 5.46. The van der Waals surface area contributed by atoms with Gasteiger partial charge in [0, 0.05) is 0 Å². The smallest absolute Gasteiger partial charge is 0.0621 e. The summed E-state index contributed by atoms with van der Waals surface area (Å²) in [7, 11) is 0. The van der Waals surface area contributed by atoms with Gasteiger partial charge in [-0.3, -0.25) is 0 Å². The summed E-state index contributed by atoms with van der Waals surface area (Å²) in [5.74, 6) is 0. The molecule has 0 unspecified atom stereocenters.